The van der Waals surface area contributed by atoms with Crippen molar-refractivity contribution in [1.82, 2.24) is 0 Å². The molecule has 0 heterocycles. The summed E-state index contributed by atoms with van der Waals surface area (Å²) in [6.45, 7) is 2.10. The van der Waals surface area contributed by atoms with Crippen molar-refractivity contribution in [3.05, 3.63) is 48.0 Å². The lowest BCUT2D eigenvalue weighted by Gasteiger charge is -2.12. The van der Waals surface area contributed by atoms with Crippen molar-refractivity contribution in [2.45, 2.75) is 6.92 Å². The molecule has 0 fully saturated rings. The minimum Gasteiger partial charge on any atom is -0.497 e. The fourth-order valence-corrected chi connectivity index (χ4v) is 1.98. The van der Waals surface area contributed by atoms with Gasteiger partial charge in [0.25, 0.3) is 5.91 Å². The van der Waals surface area contributed by atoms with E-state index in [1.165, 1.54) is 0 Å². The highest BCUT2D eigenvalue weighted by Gasteiger charge is 2.09. The molecule has 0 radical (unpaired) electrons. The fourth-order valence-electron chi connectivity index (χ4n) is 1.98. The number of anilines is 1. The maximum atomic E-state index is 12.0. The molecule has 1 amide bonds. The SMILES string of the molecule is CCOc1cc(C#N)ccc1OCC(=O)Nc1ccc(OC)cc1. The first-order valence-electron chi connectivity index (χ1n) is 7.40. The first-order valence-corrected chi connectivity index (χ1v) is 7.40. The van der Waals surface area contributed by atoms with Gasteiger partial charge in [0, 0.05) is 11.8 Å². The van der Waals surface area contributed by atoms with E-state index in [0.717, 1.165) is 0 Å². The van der Waals surface area contributed by atoms with Crippen LogP contribution in [0.5, 0.6) is 17.2 Å². The van der Waals surface area contributed by atoms with Crippen LogP contribution in [0.25, 0.3) is 0 Å². The Morgan fingerprint density at radius 2 is 1.88 bits per heavy atom. The predicted octanol–water partition coefficient (Wildman–Crippen LogP) is 2.98. The summed E-state index contributed by atoms with van der Waals surface area (Å²) >= 11 is 0. The van der Waals surface area contributed by atoms with Crippen LogP contribution >= 0.6 is 0 Å². The smallest absolute Gasteiger partial charge is 0.262 e. The Morgan fingerprint density at radius 3 is 2.50 bits per heavy atom. The van der Waals surface area contributed by atoms with Gasteiger partial charge in [-0.2, -0.15) is 5.26 Å². The molecule has 2 aromatic carbocycles. The molecule has 0 spiro atoms. The molecule has 24 heavy (non-hydrogen) atoms. The van der Waals surface area contributed by atoms with Crippen LogP contribution in [-0.4, -0.2) is 26.2 Å². The van der Waals surface area contributed by atoms with Crippen LogP contribution in [0.15, 0.2) is 42.5 Å². The maximum Gasteiger partial charge on any atom is 0.262 e. The zero-order valence-corrected chi connectivity index (χ0v) is 13.5. The molecule has 0 saturated carbocycles. The van der Waals surface area contributed by atoms with Crippen LogP contribution in [0.1, 0.15) is 12.5 Å². The third-order valence-electron chi connectivity index (χ3n) is 3.11. The summed E-state index contributed by atoms with van der Waals surface area (Å²) in [6, 6.07) is 13.8. The van der Waals surface area contributed by atoms with E-state index < -0.39 is 0 Å². The highest BCUT2D eigenvalue weighted by molar-refractivity contribution is 5.91. The van der Waals surface area contributed by atoms with Gasteiger partial charge >= 0.3 is 0 Å². The normalized spacial score (nSPS) is 9.71. The Morgan fingerprint density at radius 1 is 1.12 bits per heavy atom. The number of ether oxygens (including phenoxy) is 3. The van der Waals surface area contributed by atoms with Gasteiger partial charge in [-0.15, -0.1) is 0 Å². The molecule has 0 saturated heterocycles. The topological polar surface area (TPSA) is 80.6 Å². The van der Waals surface area contributed by atoms with Crippen LogP contribution in [0.4, 0.5) is 5.69 Å². The Labute approximate surface area is 140 Å². The van der Waals surface area contributed by atoms with Gasteiger partial charge in [0.15, 0.2) is 18.1 Å². The van der Waals surface area contributed by atoms with Crippen LogP contribution in [0.2, 0.25) is 0 Å². The third kappa shape index (κ3) is 4.65. The molecule has 1 N–H and O–H groups in total. The van der Waals surface area contributed by atoms with Gasteiger partial charge in [0.2, 0.25) is 0 Å². The monoisotopic (exact) mass is 326 g/mol. The number of nitrogens with zero attached hydrogens (tertiary/aromatic N) is 1. The molecule has 2 aromatic rings. The maximum absolute atomic E-state index is 12.0. The second-order valence-corrected chi connectivity index (χ2v) is 4.77. The lowest BCUT2D eigenvalue weighted by molar-refractivity contribution is -0.118. The molecule has 0 aliphatic rings. The summed E-state index contributed by atoms with van der Waals surface area (Å²) in [5.74, 6) is 1.27. The summed E-state index contributed by atoms with van der Waals surface area (Å²) in [4.78, 5) is 12.0. The van der Waals surface area contributed by atoms with Gasteiger partial charge in [-0.05, 0) is 43.3 Å². The highest BCUT2D eigenvalue weighted by Crippen LogP contribution is 2.28. The van der Waals surface area contributed by atoms with Gasteiger partial charge in [-0.1, -0.05) is 0 Å². The van der Waals surface area contributed by atoms with Gasteiger partial charge < -0.3 is 19.5 Å². The molecule has 0 atom stereocenters. The first-order chi connectivity index (χ1) is 11.7. The van der Waals surface area contributed by atoms with Crippen molar-refractivity contribution in [3.8, 4) is 23.3 Å². The van der Waals surface area contributed by atoms with Crippen LogP contribution < -0.4 is 19.5 Å². The number of hydrogen-bond donors (Lipinski definition) is 1. The highest BCUT2D eigenvalue weighted by atomic mass is 16.5. The van der Waals surface area contributed by atoms with Crippen LogP contribution in [0, 0.1) is 11.3 Å². The standard InChI is InChI=1S/C18H18N2O4/c1-3-23-17-10-13(11-19)4-9-16(17)24-12-18(21)20-14-5-7-15(22-2)8-6-14/h4-10H,3,12H2,1-2H3,(H,20,21). The number of nitriles is 1. The predicted molar refractivity (Wildman–Crippen MR) is 89.4 cm³/mol. The lowest BCUT2D eigenvalue weighted by atomic mass is 10.2. The number of rotatable bonds is 7. The van der Waals surface area contributed by atoms with E-state index >= 15 is 0 Å². The van der Waals surface area contributed by atoms with Gasteiger partial charge in [0.1, 0.15) is 5.75 Å². The Balaban J connectivity index is 1.96. The largest absolute Gasteiger partial charge is 0.497 e. The van der Waals surface area contributed by atoms with Crippen molar-refractivity contribution in [2.24, 2.45) is 0 Å². The number of nitrogens with one attached hydrogen (secondary N) is 1. The van der Waals surface area contributed by atoms with E-state index in [-0.39, 0.29) is 12.5 Å². The van der Waals surface area contributed by atoms with E-state index in [4.69, 9.17) is 19.5 Å². The average Bonchev–Trinajstić information content (AvgIpc) is 2.61. The Hall–Kier alpha value is -3.20. The molecular weight excluding hydrogens is 308 g/mol. The first kappa shape index (κ1) is 17.2. The summed E-state index contributed by atoms with van der Waals surface area (Å²) in [6.07, 6.45) is 0. The lowest BCUT2D eigenvalue weighted by Crippen LogP contribution is -2.20. The van der Waals surface area contributed by atoms with Gasteiger partial charge in [-0.3, -0.25) is 4.79 Å². The zero-order chi connectivity index (χ0) is 17.4. The van der Waals surface area contributed by atoms with E-state index in [2.05, 4.69) is 5.32 Å². The molecule has 0 aromatic heterocycles. The molecule has 124 valence electrons. The zero-order valence-electron chi connectivity index (χ0n) is 13.5. The van der Waals surface area contributed by atoms with Crippen molar-refractivity contribution in [2.75, 3.05) is 25.6 Å². The van der Waals surface area contributed by atoms with Crippen LogP contribution in [-0.2, 0) is 4.79 Å². The molecule has 0 bridgehead atoms. The number of methoxy groups -OCH3 is 1. The van der Waals surface area contributed by atoms with E-state index in [0.29, 0.717) is 35.1 Å². The minimum absolute atomic E-state index is 0.169. The number of hydrogen-bond acceptors (Lipinski definition) is 5. The van der Waals surface area contributed by atoms with Crippen molar-refractivity contribution >= 4 is 11.6 Å². The second kappa shape index (κ2) is 8.44. The second-order valence-electron chi connectivity index (χ2n) is 4.77. The van der Waals surface area contributed by atoms with E-state index in [9.17, 15) is 4.79 Å². The quantitative estimate of drug-likeness (QED) is 0.846. The summed E-state index contributed by atoms with van der Waals surface area (Å²) in [5, 5.41) is 11.6. The number of carbonyl (C=O) groups is 1. The Bertz CT molecular complexity index is 736. The fraction of sp³-hybridized carbons (Fsp3) is 0.222. The number of benzene rings is 2. The molecular formula is C18H18N2O4. The summed E-state index contributed by atoms with van der Waals surface area (Å²) in [7, 11) is 1.58. The summed E-state index contributed by atoms with van der Waals surface area (Å²) in [5.41, 5.74) is 1.11. The minimum atomic E-state index is -0.299. The van der Waals surface area contributed by atoms with Crippen LogP contribution in [0.3, 0.4) is 0 Å². The van der Waals surface area contributed by atoms with E-state index in [1.807, 2.05) is 13.0 Å². The molecule has 6 heteroatoms. The van der Waals surface area contributed by atoms with Crippen molar-refractivity contribution in [1.29, 1.82) is 5.26 Å². The molecule has 0 unspecified atom stereocenters. The molecule has 0 aliphatic heterocycles. The van der Waals surface area contributed by atoms with Gasteiger partial charge in [-0.25, -0.2) is 0 Å². The number of amides is 1. The Kier molecular flexibility index (Phi) is 6.03. The third-order valence-corrected chi connectivity index (χ3v) is 3.11. The van der Waals surface area contributed by atoms with Gasteiger partial charge in [0.05, 0.1) is 25.3 Å². The molecule has 2 rings (SSSR count). The molecule has 0 aliphatic carbocycles. The average molecular weight is 326 g/mol. The summed E-state index contributed by atoms with van der Waals surface area (Å²) < 4.78 is 16.0. The van der Waals surface area contributed by atoms with Crippen molar-refractivity contribution < 1.29 is 19.0 Å². The van der Waals surface area contributed by atoms with Crippen molar-refractivity contribution in [3.63, 3.8) is 0 Å². The number of carbonyl (C=O) groups excluding carboxylic acids is 1. The van der Waals surface area contributed by atoms with E-state index in [1.54, 1.807) is 49.6 Å². The molecule has 6 nitrogen and oxygen atoms in total.